The van der Waals surface area contributed by atoms with E-state index in [0.717, 1.165) is 12.8 Å². The first-order chi connectivity index (χ1) is 12.9. The molecular weight excluding hydrogens is 350 g/mol. The normalized spacial score (nSPS) is 20.6. The molecule has 1 aliphatic carbocycles. The average Bonchev–Trinajstić information content (AvgIpc) is 2.66. The van der Waals surface area contributed by atoms with Crippen molar-refractivity contribution in [3.63, 3.8) is 0 Å². The third-order valence-corrected chi connectivity index (χ3v) is 4.73. The van der Waals surface area contributed by atoms with Crippen LogP contribution in [0.15, 0.2) is 30.3 Å². The third-order valence-electron chi connectivity index (χ3n) is 4.73. The SMILES string of the molecule is CC(C)C(OC(=O)NC[C@H]1CC[C@H](C(=O)O)CC1)OC(=O)c1ccccc1. The van der Waals surface area contributed by atoms with E-state index in [4.69, 9.17) is 14.6 Å². The molecule has 0 radical (unpaired) electrons. The van der Waals surface area contributed by atoms with Gasteiger partial charge >= 0.3 is 18.0 Å². The minimum atomic E-state index is -0.986. The summed E-state index contributed by atoms with van der Waals surface area (Å²) in [5, 5.41) is 11.7. The zero-order chi connectivity index (χ0) is 19.8. The molecule has 1 fully saturated rings. The summed E-state index contributed by atoms with van der Waals surface area (Å²) in [6, 6.07) is 8.52. The fraction of sp³-hybridized carbons (Fsp3) is 0.550. The van der Waals surface area contributed by atoms with Gasteiger partial charge in [0.1, 0.15) is 0 Å². The summed E-state index contributed by atoms with van der Waals surface area (Å²) < 4.78 is 10.6. The Kier molecular flexibility index (Phi) is 7.64. The molecule has 0 heterocycles. The molecule has 2 N–H and O–H groups in total. The van der Waals surface area contributed by atoms with Gasteiger partial charge < -0.3 is 19.9 Å². The van der Waals surface area contributed by atoms with Crippen molar-refractivity contribution in [2.24, 2.45) is 17.8 Å². The summed E-state index contributed by atoms with van der Waals surface area (Å²) in [5.41, 5.74) is 0.391. The lowest BCUT2D eigenvalue weighted by molar-refractivity contribution is -0.143. The largest absolute Gasteiger partial charge is 0.481 e. The summed E-state index contributed by atoms with van der Waals surface area (Å²) in [6.07, 6.45) is 1.14. The standard InChI is InChI=1S/C20H27NO6/c1-13(2)19(26-18(24)16-6-4-3-5-7-16)27-20(25)21-12-14-8-10-15(11-9-14)17(22)23/h3-7,13-15,19H,8-12H2,1-2H3,(H,21,25)(H,22,23)/t14-,15-,19?. The summed E-state index contributed by atoms with van der Waals surface area (Å²) >= 11 is 0. The Labute approximate surface area is 159 Å². The maximum absolute atomic E-state index is 12.2. The van der Waals surface area contributed by atoms with Gasteiger partial charge in [-0.3, -0.25) is 4.79 Å². The molecule has 1 atom stereocenters. The number of ether oxygens (including phenoxy) is 2. The van der Waals surface area contributed by atoms with Crippen LogP contribution in [0.2, 0.25) is 0 Å². The lowest BCUT2D eigenvalue weighted by Gasteiger charge is -2.26. The van der Waals surface area contributed by atoms with Gasteiger partial charge in [-0.05, 0) is 43.7 Å². The fourth-order valence-electron chi connectivity index (χ4n) is 3.03. The first-order valence-corrected chi connectivity index (χ1v) is 9.30. The Morgan fingerprint density at radius 3 is 2.26 bits per heavy atom. The number of alkyl carbamates (subject to hydrolysis) is 1. The van der Waals surface area contributed by atoms with Crippen LogP contribution in [0.3, 0.4) is 0 Å². The van der Waals surface area contributed by atoms with Gasteiger partial charge in [0.2, 0.25) is 0 Å². The third kappa shape index (κ3) is 6.58. The van der Waals surface area contributed by atoms with Crippen LogP contribution in [0.4, 0.5) is 4.79 Å². The number of carboxylic acids is 1. The summed E-state index contributed by atoms with van der Waals surface area (Å²) in [5.74, 6) is -1.54. The van der Waals surface area contributed by atoms with Crippen molar-refractivity contribution in [1.82, 2.24) is 5.32 Å². The molecule has 1 amide bonds. The Morgan fingerprint density at radius 2 is 1.70 bits per heavy atom. The molecule has 27 heavy (non-hydrogen) atoms. The summed E-state index contributed by atoms with van der Waals surface area (Å²) in [7, 11) is 0. The highest BCUT2D eigenvalue weighted by molar-refractivity contribution is 5.89. The van der Waals surface area contributed by atoms with E-state index in [2.05, 4.69) is 5.32 Å². The lowest BCUT2D eigenvalue weighted by Crippen LogP contribution is -2.37. The Balaban J connectivity index is 1.78. The fourth-order valence-corrected chi connectivity index (χ4v) is 3.03. The number of hydrogen-bond acceptors (Lipinski definition) is 5. The second-order valence-electron chi connectivity index (χ2n) is 7.23. The number of benzene rings is 1. The Hall–Kier alpha value is -2.57. The molecule has 0 bridgehead atoms. The van der Waals surface area contributed by atoms with Crippen molar-refractivity contribution in [2.75, 3.05) is 6.54 Å². The first kappa shape index (κ1) is 20.7. The second-order valence-corrected chi connectivity index (χ2v) is 7.23. The van der Waals surface area contributed by atoms with Crippen molar-refractivity contribution < 1.29 is 29.0 Å². The van der Waals surface area contributed by atoms with Crippen LogP contribution in [0.25, 0.3) is 0 Å². The number of carbonyl (C=O) groups is 3. The molecule has 0 saturated heterocycles. The highest BCUT2D eigenvalue weighted by Gasteiger charge is 2.27. The van der Waals surface area contributed by atoms with Crippen molar-refractivity contribution in [1.29, 1.82) is 0 Å². The zero-order valence-electron chi connectivity index (χ0n) is 15.7. The highest BCUT2D eigenvalue weighted by atomic mass is 16.7. The van der Waals surface area contributed by atoms with E-state index in [1.807, 2.05) is 0 Å². The van der Waals surface area contributed by atoms with Crippen LogP contribution < -0.4 is 5.32 Å². The predicted molar refractivity (Wildman–Crippen MR) is 98.1 cm³/mol. The predicted octanol–water partition coefficient (Wildman–Crippen LogP) is 3.44. The van der Waals surface area contributed by atoms with Gasteiger partial charge in [-0.25, -0.2) is 9.59 Å². The highest BCUT2D eigenvalue weighted by Crippen LogP contribution is 2.28. The maximum Gasteiger partial charge on any atom is 0.410 e. The van der Waals surface area contributed by atoms with Crippen molar-refractivity contribution in [3.8, 4) is 0 Å². The van der Waals surface area contributed by atoms with Crippen LogP contribution in [-0.4, -0.2) is 36.0 Å². The number of aliphatic carboxylic acids is 1. The number of carboxylic acid groups (broad SMARTS) is 1. The van der Waals surface area contributed by atoms with Crippen molar-refractivity contribution in [3.05, 3.63) is 35.9 Å². The molecule has 1 aromatic carbocycles. The smallest absolute Gasteiger partial charge is 0.410 e. The van der Waals surface area contributed by atoms with Gasteiger partial charge in [0, 0.05) is 12.5 Å². The molecule has 1 aromatic rings. The molecule has 2 rings (SSSR count). The van der Waals surface area contributed by atoms with Crippen molar-refractivity contribution in [2.45, 2.75) is 45.8 Å². The van der Waals surface area contributed by atoms with Gasteiger partial charge in [0.15, 0.2) is 0 Å². The van der Waals surface area contributed by atoms with Gasteiger partial charge in [-0.15, -0.1) is 0 Å². The molecule has 0 spiro atoms. The van der Waals surface area contributed by atoms with E-state index in [1.165, 1.54) is 0 Å². The molecular formula is C20H27NO6. The molecule has 148 valence electrons. The zero-order valence-corrected chi connectivity index (χ0v) is 15.7. The summed E-state index contributed by atoms with van der Waals surface area (Å²) in [4.78, 5) is 35.2. The monoisotopic (exact) mass is 377 g/mol. The van der Waals surface area contributed by atoms with E-state index in [0.29, 0.717) is 24.9 Å². The number of rotatable bonds is 7. The van der Waals surface area contributed by atoms with Gasteiger partial charge in [-0.1, -0.05) is 32.0 Å². The van der Waals surface area contributed by atoms with Crippen LogP contribution in [-0.2, 0) is 14.3 Å². The number of esters is 1. The summed E-state index contributed by atoms with van der Waals surface area (Å²) in [6.45, 7) is 4.01. The molecule has 1 aliphatic rings. The van der Waals surface area contributed by atoms with Gasteiger partial charge in [-0.2, -0.15) is 0 Å². The van der Waals surface area contributed by atoms with Gasteiger partial charge in [0.25, 0.3) is 6.29 Å². The Morgan fingerprint density at radius 1 is 1.07 bits per heavy atom. The molecule has 1 saturated carbocycles. The van der Waals surface area contributed by atoms with E-state index < -0.39 is 24.3 Å². The second kappa shape index (κ2) is 9.94. The number of nitrogens with one attached hydrogen (secondary N) is 1. The molecule has 0 aromatic heterocycles. The van der Waals surface area contributed by atoms with E-state index in [1.54, 1.807) is 44.2 Å². The number of amides is 1. The minimum Gasteiger partial charge on any atom is -0.481 e. The molecule has 1 unspecified atom stereocenters. The van der Waals surface area contributed by atoms with E-state index in [-0.39, 0.29) is 17.8 Å². The molecule has 0 aliphatic heterocycles. The first-order valence-electron chi connectivity index (χ1n) is 9.30. The van der Waals surface area contributed by atoms with Crippen LogP contribution in [0.1, 0.15) is 49.9 Å². The number of hydrogen-bond donors (Lipinski definition) is 2. The number of carbonyl (C=O) groups excluding carboxylic acids is 2. The van der Waals surface area contributed by atoms with Crippen LogP contribution in [0.5, 0.6) is 0 Å². The van der Waals surface area contributed by atoms with E-state index >= 15 is 0 Å². The van der Waals surface area contributed by atoms with E-state index in [9.17, 15) is 14.4 Å². The minimum absolute atomic E-state index is 0.200. The van der Waals surface area contributed by atoms with Crippen molar-refractivity contribution >= 4 is 18.0 Å². The maximum atomic E-state index is 12.2. The van der Waals surface area contributed by atoms with Crippen LogP contribution in [0, 0.1) is 17.8 Å². The molecule has 7 heteroatoms. The quantitative estimate of drug-likeness (QED) is 0.557. The lowest BCUT2D eigenvalue weighted by atomic mass is 9.82. The Bertz CT molecular complexity index is 637. The van der Waals surface area contributed by atoms with Crippen LogP contribution >= 0.6 is 0 Å². The topological polar surface area (TPSA) is 102 Å². The van der Waals surface area contributed by atoms with Gasteiger partial charge in [0.05, 0.1) is 11.5 Å². The average molecular weight is 377 g/mol. The molecule has 7 nitrogen and oxygen atoms in total.